The number of H-pyrrole nitrogens is 1. The molecule has 1 aliphatic heterocycles. The van der Waals surface area contributed by atoms with E-state index in [2.05, 4.69) is 27.4 Å². The molecule has 1 aliphatic rings. The second kappa shape index (κ2) is 6.69. The smallest absolute Gasteiger partial charge is 0.253 e. The molecule has 2 aromatic carbocycles. The standard InChI is InChI=1S/C20H22N4O/c1-24(12-14-8-9-21-11-14)20(25)16-4-2-15(3-5-16)17-6-7-18-19(10-17)23-13-22-18/h2-7,10,13-14,21H,8-9,11-12H2,1H3,(H,22,23)/t14-/m1/s1. The number of hydrogen-bond acceptors (Lipinski definition) is 3. The molecule has 3 aromatic rings. The van der Waals surface area contributed by atoms with Crippen molar-refractivity contribution in [3.63, 3.8) is 0 Å². The van der Waals surface area contributed by atoms with Gasteiger partial charge in [0.1, 0.15) is 0 Å². The van der Waals surface area contributed by atoms with Gasteiger partial charge in [0.2, 0.25) is 0 Å². The molecule has 1 aromatic heterocycles. The maximum absolute atomic E-state index is 12.6. The van der Waals surface area contributed by atoms with Crippen molar-refractivity contribution >= 4 is 16.9 Å². The summed E-state index contributed by atoms with van der Waals surface area (Å²) in [5.41, 5.74) is 4.91. The van der Waals surface area contributed by atoms with Crippen molar-refractivity contribution in [2.24, 2.45) is 5.92 Å². The summed E-state index contributed by atoms with van der Waals surface area (Å²) >= 11 is 0. The quantitative estimate of drug-likeness (QED) is 0.771. The lowest BCUT2D eigenvalue weighted by Gasteiger charge is -2.21. The molecule has 5 nitrogen and oxygen atoms in total. The molecule has 1 saturated heterocycles. The third kappa shape index (κ3) is 3.28. The summed E-state index contributed by atoms with van der Waals surface area (Å²) in [5, 5.41) is 3.35. The van der Waals surface area contributed by atoms with Gasteiger partial charge in [-0.25, -0.2) is 4.98 Å². The number of nitrogens with zero attached hydrogens (tertiary/aromatic N) is 2. The Kier molecular flexibility index (Phi) is 4.24. The van der Waals surface area contributed by atoms with Crippen LogP contribution in [0, 0.1) is 5.92 Å². The molecule has 5 heteroatoms. The predicted molar refractivity (Wildman–Crippen MR) is 99.5 cm³/mol. The Hall–Kier alpha value is -2.66. The van der Waals surface area contributed by atoms with Crippen LogP contribution in [-0.2, 0) is 0 Å². The molecule has 4 rings (SSSR count). The van der Waals surface area contributed by atoms with Crippen LogP contribution in [-0.4, -0.2) is 47.5 Å². The predicted octanol–water partition coefficient (Wildman–Crippen LogP) is 2.91. The summed E-state index contributed by atoms with van der Waals surface area (Å²) < 4.78 is 0. The topological polar surface area (TPSA) is 61.0 Å². The van der Waals surface area contributed by atoms with Crippen molar-refractivity contribution in [3.8, 4) is 11.1 Å². The van der Waals surface area contributed by atoms with Gasteiger partial charge in [-0.2, -0.15) is 0 Å². The van der Waals surface area contributed by atoms with Crippen LogP contribution in [0.4, 0.5) is 0 Å². The molecule has 0 radical (unpaired) electrons. The van der Waals surface area contributed by atoms with Gasteiger partial charge < -0.3 is 15.2 Å². The summed E-state index contributed by atoms with van der Waals surface area (Å²) in [6, 6.07) is 14.0. The number of rotatable bonds is 4. The van der Waals surface area contributed by atoms with Crippen LogP contribution in [0.3, 0.4) is 0 Å². The molecule has 0 unspecified atom stereocenters. The van der Waals surface area contributed by atoms with E-state index in [0.717, 1.165) is 53.8 Å². The molecule has 0 spiro atoms. The van der Waals surface area contributed by atoms with Crippen molar-refractivity contribution < 1.29 is 4.79 Å². The van der Waals surface area contributed by atoms with E-state index < -0.39 is 0 Å². The summed E-state index contributed by atoms with van der Waals surface area (Å²) in [6.07, 6.45) is 2.85. The number of aromatic nitrogens is 2. The maximum atomic E-state index is 12.6. The fourth-order valence-electron chi connectivity index (χ4n) is 3.48. The third-order valence-electron chi connectivity index (χ3n) is 4.93. The normalized spacial score (nSPS) is 17.1. The second-order valence-electron chi connectivity index (χ2n) is 6.76. The highest BCUT2D eigenvalue weighted by atomic mass is 16.2. The molecule has 0 bridgehead atoms. The van der Waals surface area contributed by atoms with Gasteiger partial charge in [-0.05, 0) is 60.8 Å². The van der Waals surface area contributed by atoms with E-state index in [0.29, 0.717) is 5.92 Å². The highest BCUT2D eigenvalue weighted by Gasteiger charge is 2.20. The Balaban J connectivity index is 1.49. The Morgan fingerprint density at radius 2 is 2.00 bits per heavy atom. The summed E-state index contributed by atoms with van der Waals surface area (Å²) in [5.74, 6) is 0.650. The number of fused-ring (bicyclic) bond motifs is 1. The van der Waals surface area contributed by atoms with Gasteiger partial charge in [0.25, 0.3) is 5.91 Å². The first-order chi connectivity index (χ1) is 12.2. The van der Waals surface area contributed by atoms with E-state index >= 15 is 0 Å². The number of aromatic amines is 1. The molecule has 0 saturated carbocycles. The average Bonchev–Trinajstić information content (AvgIpc) is 3.32. The first-order valence-electron chi connectivity index (χ1n) is 8.70. The van der Waals surface area contributed by atoms with Crippen LogP contribution in [0.1, 0.15) is 16.8 Å². The number of carbonyl (C=O) groups is 1. The SMILES string of the molecule is CN(C[C@@H]1CCNC1)C(=O)c1ccc(-c2ccc3nc[nH]c3c2)cc1. The maximum Gasteiger partial charge on any atom is 0.253 e. The van der Waals surface area contributed by atoms with Crippen LogP contribution in [0.2, 0.25) is 0 Å². The minimum atomic E-state index is 0.0856. The van der Waals surface area contributed by atoms with E-state index in [1.54, 1.807) is 6.33 Å². The molecular weight excluding hydrogens is 312 g/mol. The van der Waals surface area contributed by atoms with E-state index in [4.69, 9.17) is 0 Å². The first kappa shape index (κ1) is 15.8. The van der Waals surface area contributed by atoms with E-state index in [1.165, 1.54) is 0 Å². The van der Waals surface area contributed by atoms with Crippen molar-refractivity contribution in [2.75, 3.05) is 26.7 Å². The largest absolute Gasteiger partial charge is 0.345 e. The number of nitrogens with one attached hydrogen (secondary N) is 2. The number of hydrogen-bond donors (Lipinski definition) is 2. The van der Waals surface area contributed by atoms with Crippen LogP contribution < -0.4 is 5.32 Å². The zero-order chi connectivity index (χ0) is 17.2. The van der Waals surface area contributed by atoms with Crippen molar-refractivity contribution in [1.29, 1.82) is 0 Å². The van der Waals surface area contributed by atoms with Gasteiger partial charge in [-0.3, -0.25) is 4.79 Å². The lowest BCUT2D eigenvalue weighted by molar-refractivity contribution is 0.0776. The highest BCUT2D eigenvalue weighted by Crippen LogP contribution is 2.23. The molecule has 0 aliphatic carbocycles. The van der Waals surface area contributed by atoms with Crippen LogP contribution >= 0.6 is 0 Å². The van der Waals surface area contributed by atoms with Crippen molar-refractivity contribution in [1.82, 2.24) is 20.2 Å². The first-order valence-corrected chi connectivity index (χ1v) is 8.70. The zero-order valence-electron chi connectivity index (χ0n) is 14.3. The van der Waals surface area contributed by atoms with Crippen molar-refractivity contribution in [2.45, 2.75) is 6.42 Å². The molecular formula is C20H22N4O. The fraction of sp³-hybridized carbons (Fsp3) is 0.300. The van der Waals surface area contributed by atoms with Gasteiger partial charge in [0, 0.05) is 19.2 Å². The van der Waals surface area contributed by atoms with E-state index in [-0.39, 0.29) is 5.91 Å². The Labute approximate surface area is 147 Å². The molecule has 1 amide bonds. The summed E-state index contributed by atoms with van der Waals surface area (Å²) in [7, 11) is 1.89. The number of carbonyl (C=O) groups excluding carboxylic acids is 1. The van der Waals surface area contributed by atoms with Crippen molar-refractivity contribution in [3.05, 3.63) is 54.4 Å². The number of benzene rings is 2. The molecule has 2 heterocycles. The summed E-state index contributed by atoms with van der Waals surface area (Å²) in [4.78, 5) is 21.8. The van der Waals surface area contributed by atoms with Gasteiger partial charge in [0.15, 0.2) is 0 Å². The fourth-order valence-corrected chi connectivity index (χ4v) is 3.48. The van der Waals surface area contributed by atoms with E-state index in [9.17, 15) is 4.79 Å². The average molecular weight is 334 g/mol. The highest BCUT2D eigenvalue weighted by molar-refractivity contribution is 5.94. The van der Waals surface area contributed by atoms with Crippen LogP contribution in [0.15, 0.2) is 48.8 Å². The Morgan fingerprint density at radius 1 is 1.20 bits per heavy atom. The minimum absolute atomic E-state index is 0.0856. The Bertz CT molecular complexity index is 878. The molecule has 128 valence electrons. The summed E-state index contributed by atoms with van der Waals surface area (Å²) in [6.45, 7) is 2.87. The second-order valence-corrected chi connectivity index (χ2v) is 6.76. The van der Waals surface area contributed by atoms with E-state index in [1.807, 2.05) is 42.3 Å². The molecule has 2 N–H and O–H groups in total. The molecule has 1 atom stereocenters. The van der Waals surface area contributed by atoms with Gasteiger partial charge in [-0.1, -0.05) is 18.2 Å². The zero-order valence-corrected chi connectivity index (χ0v) is 14.3. The van der Waals surface area contributed by atoms with Gasteiger partial charge in [-0.15, -0.1) is 0 Å². The monoisotopic (exact) mass is 334 g/mol. The number of amides is 1. The Morgan fingerprint density at radius 3 is 2.76 bits per heavy atom. The number of imidazole rings is 1. The third-order valence-corrected chi connectivity index (χ3v) is 4.93. The lowest BCUT2D eigenvalue weighted by Crippen LogP contribution is -2.32. The molecule has 25 heavy (non-hydrogen) atoms. The van der Waals surface area contributed by atoms with Crippen LogP contribution in [0.25, 0.3) is 22.2 Å². The van der Waals surface area contributed by atoms with Gasteiger partial charge in [0.05, 0.1) is 17.4 Å². The van der Waals surface area contributed by atoms with Crippen LogP contribution in [0.5, 0.6) is 0 Å². The lowest BCUT2D eigenvalue weighted by atomic mass is 10.0. The minimum Gasteiger partial charge on any atom is -0.345 e. The molecule has 1 fully saturated rings. The van der Waals surface area contributed by atoms with Gasteiger partial charge >= 0.3 is 0 Å².